The highest BCUT2D eigenvalue weighted by atomic mass is 16.5. The summed E-state index contributed by atoms with van der Waals surface area (Å²) < 4.78 is 4.91. The van der Waals surface area contributed by atoms with E-state index < -0.39 is 5.97 Å². The lowest BCUT2D eigenvalue weighted by Crippen LogP contribution is -2.09. The Balaban J connectivity index is 1.95. The van der Waals surface area contributed by atoms with Gasteiger partial charge in [0.1, 0.15) is 11.6 Å². The van der Waals surface area contributed by atoms with Crippen LogP contribution in [0.5, 0.6) is 0 Å². The zero-order valence-electron chi connectivity index (χ0n) is 15.6. The van der Waals surface area contributed by atoms with Crippen LogP contribution in [0.25, 0.3) is 6.08 Å². The predicted molar refractivity (Wildman–Crippen MR) is 111 cm³/mol. The van der Waals surface area contributed by atoms with Crippen LogP contribution in [0.1, 0.15) is 12.5 Å². The van der Waals surface area contributed by atoms with Gasteiger partial charge in [0.25, 0.3) is 0 Å². The second kappa shape index (κ2) is 9.20. The van der Waals surface area contributed by atoms with E-state index in [1.807, 2.05) is 66.7 Å². The molecular weight excluding hydrogens is 348 g/mol. The van der Waals surface area contributed by atoms with Crippen LogP contribution in [-0.2, 0) is 9.53 Å². The Bertz CT molecular complexity index is 949. The quantitative estimate of drug-likeness (QED) is 0.322. The minimum absolute atomic E-state index is 0.0161. The molecule has 3 aromatic rings. The van der Waals surface area contributed by atoms with Crippen LogP contribution in [0.2, 0.25) is 0 Å². The molecule has 0 spiro atoms. The molecule has 0 atom stereocenters. The molecule has 0 amide bonds. The Hall–Kier alpha value is -3.84. The second-order valence-electron chi connectivity index (χ2n) is 5.99. The lowest BCUT2D eigenvalue weighted by atomic mass is 10.1. The van der Waals surface area contributed by atoms with Crippen LogP contribution in [0, 0.1) is 11.3 Å². The topological polar surface area (TPSA) is 53.3 Å². The van der Waals surface area contributed by atoms with E-state index in [1.165, 1.54) is 6.08 Å². The van der Waals surface area contributed by atoms with Gasteiger partial charge in [-0.1, -0.05) is 48.5 Å². The summed E-state index contributed by atoms with van der Waals surface area (Å²) in [6.07, 6.45) is 1.54. The van der Waals surface area contributed by atoms with Crippen molar-refractivity contribution in [2.24, 2.45) is 0 Å². The number of benzene rings is 3. The van der Waals surface area contributed by atoms with Gasteiger partial charge in [0.05, 0.1) is 6.61 Å². The molecule has 0 aliphatic heterocycles. The number of nitriles is 1. The number of esters is 1. The number of carbonyl (C=O) groups excluding carboxylic acids is 1. The van der Waals surface area contributed by atoms with Gasteiger partial charge in [-0.2, -0.15) is 5.26 Å². The van der Waals surface area contributed by atoms with E-state index in [0.29, 0.717) is 0 Å². The first-order chi connectivity index (χ1) is 13.7. The predicted octanol–water partition coefficient (Wildman–Crippen LogP) is 5.63. The molecule has 0 saturated carbocycles. The van der Waals surface area contributed by atoms with Crippen molar-refractivity contribution in [1.29, 1.82) is 5.26 Å². The van der Waals surface area contributed by atoms with Crippen molar-refractivity contribution in [2.45, 2.75) is 6.92 Å². The third-order valence-corrected chi connectivity index (χ3v) is 4.11. The van der Waals surface area contributed by atoms with Crippen LogP contribution in [-0.4, -0.2) is 12.6 Å². The lowest BCUT2D eigenvalue weighted by molar-refractivity contribution is -0.137. The number of carbonyl (C=O) groups is 1. The Labute approximate surface area is 164 Å². The maximum Gasteiger partial charge on any atom is 0.348 e. The summed E-state index contributed by atoms with van der Waals surface area (Å²) in [5.74, 6) is -0.607. The Morgan fingerprint density at radius 1 is 0.893 bits per heavy atom. The van der Waals surface area contributed by atoms with Crippen molar-refractivity contribution in [2.75, 3.05) is 11.5 Å². The van der Waals surface area contributed by atoms with E-state index in [9.17, 15) is 10.1 Å². The van der Waals surface area contributed by atoms with Gasteiger partial charge in [0.15, 0.2) is 0 Å². The summed E-state index contributed by atoms with van der Waals surface area (Å²) in [5.41, 5.74) is 3.80. The number of ether oxygens (including phenoxy) is 1. The fraction of sp³-hybridized carbons (Fsp3) is 0.0833. The highest BCUT2D eigenvalue weighted by Gasteiger charge is 2.12. The third kappa shape index (κ3) is 4.46. The molecule has 0 bridgehead atoms. The largest absolute Gasteiger partial charge is 0.462 e. The fourth-order valence-corrected chi connectivity index (χ4v) is 2.83. The normalized spacial score (nSPS) is 10.8. The zero-order valence-corrected chi connectivity index (χ0v) is 15.6. The van der Waals surface area contributed by atoms with Crippen LogP contribution in [0.4, 0.5) is 17.1 Å². The molecule has 3 rings (SSSR count). The molecule has 0 unspecified atom stereocenters. The maximum absolute atomic E-state index is 11.8. The molecule has 0 saturated heterocycles. The Kier molecular flexibility index (Phi) is 6.22. The number of nitrogens with zero attached hydrogens (tertiary/aromatic N) is 2. The third-order valence-electron chi connectivity index (χ3n) is 4.11. The number of anilines is 3. The Morgan fingerprint density at radius 3 is 1.86 bits per heavy atom. The van der Waals surface area contributed by atoms with Crippen molar-refractivity contribution in [1.82, 2.24) is 0 Å². The SMILES string of the molecule is CCOC(=O)C(C#N)=Cc1ccc(N(c2ccccc2)c2ccccc2)cc1. The summed E-state index contributed by atoms with van der Waals surface area (Å²) >= 11 is 0. The fourth-order valence-electron chi connectivity index (χ4n) is 2.83. The van der Waals surface area contributed by atoms with Gasteiger partial charge in [0.2, 0.25) is 0 Å². The van der Waals surface area contributed by atoms with Crippen LogP contribution >= 0.6 is 0 Å². The molecule has 0 aromatic heterocycles. The molecule has 138 valence electrons. The van der Waals surface area contributed by atoms with Crippen LogP contribution in [0.15, 0.2) is 90.5 Å². The molecule has 0 heterocycles. The van der Waals surface area contributed by atoms with Gasteiger partial charge in [-0.3, -0.25) is 0 Å². The van der Waals surface area contributed by atoms with E-state index in [4.69, 9.17) is 4.74 Å². The number of rotatable bonds is 6. The van der Waals surface area contributed by atoms with Gasteiger partial charge < -0.3 is 9.64 Å². The van der Waals surface area contributed by atoms with E-state index in [2.05, 4.69) is 29.2 Å². The van der Waals surface area contributed by atoms with Crippen LogP contribution in [0.3, 0.4) is 0 Å². The van der Waals surface area contributed by atoms with Crippen molar-refractivity contribution in [3.05, 3.63) is 96.1 Å². The summed E-state index contributed by atoms with van der Waals surface area (Å²) in [5, 5.41) is 9.20. The molecular formula is C24H20N2O2. The summed E-state index contributed by atoms with van der Waals surface area (Å²) in [7, 11) is 0. The number of para-hydroxylation sites is 2. The number of hydrogen-bond acceptors (Lipinski definition) is 4. The van der Waals surface area contributed by atoms with Crippen molar-refractivity contribution in [3.8, 4) is 6.07 Å². The molecule has 3 aromatic carbocycles. The molecule has 4 heteroatoms. The monoisotopic (exact) mass is 368 g/mol. The molecule has 0 fully saturated rings. The van der Waals surface area contributed by atoms with Gasteiger partial charge in [-0.25, -0.2) is 4.79 Å². The average molecular weight is 368 g/mol. The highest BCUT2D eigenvalue weighted by molar-refractivity contribution is 5.98. The Morgan fingerprint density at radius 2 is 1.39 bits per heavy atom. The van der Waals surface area contributed by atoms with E-state index in [0.717, 1.165) is 22.6 Å². The van der Waals surface area contributed by atoms with Gasteiger partial charge in [-0.05, 0) is 55.0 Å². The maximum atomic E-state index is 11.8. The van der Waals surface area contributed by atoms with Crippen molar-refractivity contribution >= 4 is 29.1 Å². The van der Waals surface area contributed by atoms with E-state index in [1.54, 1.807) is 6.92 Å². The van der Waals surface area contributed by atoms with Gasteiger partial charge in [-0.15, -0.1) is 0 Å². The smallest absolute Gasteiger partial charge is 0.348 e. The minimum atomic E-state index is -0.607. The van der Waals surface area contributed by atoms with Gasteiger partial charge in [0, 0.05) is 17.1 Å². The molecule has 4 nitrogen and oxygen atoms in total. The summed E-state index contributed by atoms with van der Waals surface area (Å²) in [4.78, 5) is 13.9. The van der Waals surface area contributed by atoms with Crippen molar-refractivity contribution in [3.63, 3.8) is 0 Å². The van der Waals surface area contributed by atoms with Crippen LogP contribution < -0.4 is 4.90 Å². The van der Waals surface area contributed by atoms with Crippen molar-refractivity contribution < 1.29 is 9.53 Å². The highest BCUT2D eigenvalue weighted by Crippen LogP contribution is 2.34. The zero-order chi connectivity index (χ0) is 19.8. The minimum Gasteiger partial charge on any atom is -0.462 e. The first-order valence-corrected chi connectivity index (χ1v) is 9.02. The molecule has 0 radical (unpaired) electrons. The molecule has 28 heavy (non-hydrogen) atoms. The molecule has 0 aliphatic carbocycles. The lowest BCUT2D eigenvalue weighted by Gasteiger charge is -2.25. The average Bonchev–Trinajstić information content (AvgIpc) is 2.75. The first kappa shape index (κ1) is 18.9. The summed E-state index contributed by atoms with van der Waals surface area (Å²) in [6, 6.07) is 29.8. The van der Waals surface area contributed by atoms with E-state index in [-0.39, 0.29) is 12.2 Å². The molecule has 0 aliphatic rings. The number of hydrogen-bond donors (Lipinski definition) is 0. The second-order valence-corrected chi connectivity index (χ2v) is 5.99. The van der Waals surface area contributed by atoms with Gasteiger partial charge >= 0.3 is 5.97 Å². The summed E-state index contributed by atoms with van der Waals surface area (Å²) in [6.45, 7) is 1.95. The standard InChI is InChI=1S/C24H20N2O2/c1-2-28-24(27)20(18-25)17-19-13-15-23(16-14-19)26(21-9-5-3-6-10-21)22-11-7-4-8-12-22/h3-17H,2H2,1H3. The molecule has 0 N–H and O–H groups in total. The first-order valence-electron chi connectivity index (χ1n) is 9.02. The van der Waals surface area contributed by atoms with E-state index >= 15 is 0 Å².